The van der Waals surface area contributed by atoms with Gasteiger partial charge in [-0.1, -0.05) is 49.4 Å². The van der Waals surface area contributed by atoms with Crippen molar-refractivity contribution in [1.29, 1.82) is 0 Å². The Morgan fingerprint density at radius 1 is 1.25 bits per heavy atom. The van der Waals surface area contributed by atoms with E-state index >= 15 is 0 Å². The van der Waals surface area contributed by atoms with Gasteiger partial charge in [0.05, 0.1) is 18.4 Å². The molecule has 2 unspecified atom stereocenters. The van der Waals surface area contributed by atoms with Gasteiger partial charge in [-0.15, -0.1) is 0 Å². The van der Waals surface area contributed by atoms with Gasteiger partial charge in [0.15, 0.2) is 0 Å². The molecule has 8 heteroatoms. The molecule has 0 bridgehead atoms. The van der Waals surface area contributed by atoms with E-state index in [0.29, 0.717) is 13.0 Å². The number of nitrogens with one attached hydrogen (secondary N) is 1. The van der Waals surface area contributed by atoms with Gasteiger partial charge >= 0.3 is 8.25 Å². The molecule has 3 rings (SSSR count). The minimum Gasteiger partial charge on any atom is -0.487 e. The summed E-state index contributed by atoms with van der Waals surface area (Å²) >= 11 is 0. The SMILES string of the molecule is CCCN1N=C(COc2ccc(CNCCCO[PH](=O)O)cc2C)CC1c1ccccc1. The number of rotatable bonds is 13. The molecule has 0 aromatic heterocycles. The van der Waals surface area contributed by atoms with Crippen LogP contribution in [0.2, 0.25) is 0 Å². The molecular formula is C24H34N3O4P. The number of hydrogen-bond donors (Lipinski definition) is 2. The summed E-state index contributed by atoms with van der Waals surface area (Å²) < 4.78 is 21.3. The maximum Gasteiger partial charge on any atom is 0.316 e. The van der Waals surface area contributed by atoms with Crippen LogP contribution in [0, 0.1) is 6.92 Å². The lowest BCUT2D eigenvalue weighted by atomic mass is 10.0. The lowest BCUT2D eigenvalue weighted by molar-refractivity contribution is 0.234. The third kappa shape index (κ3) is 7.45. The first-order valence-corrected chi connectivity index (χ1v) is 12.5. The molecule has 7 nitrogen and oxygen atoms in total. The van der Waals surface area contributed by atoms with E-state index in [-0.39, 0.29) is 12.6 Å². The van der Waals surface area contributed by atoms with E-state index in [2.05, 4.69) is 65.1 Å². The van der Waals surface area contributed by atoms with Gasteiger partial charge in [-0.2, -0.15) is 5.10 Å². The quantitative estimate of drug-likeness (QED) is 0.340. The van der Waals surface area contributed by atoms with Gasteiger partial charge in [0, 0.05) is 19.5 Å². The number of hydrogen-bond acceptors (Lipinski definition) is 6. The summed E-state index contributed by atoms with van der Waals surface area (Å²) in [5.74, 6) is 0.878. The van der Waals surface area contributed by atoms with Crippen LogP contribution in [0.1, 0.15) is 48.9 Å². The van der Waals surface area contributed by atoms with Crippen LogP contribution in [0.25, 0.3) is 0 Å². The molecule has 0 saturated carbocycles. The summed E-state index contributed by atoms with van der Waals surface area (Å²) in [4.78, 5) is 8.64. The molecular weight excluding hydrogens is 425 g/mol. The Balaban J connectivity index is 1.48. The molecule has 2 aromatic carbocycles. The molecule has 0 aliphatic carbocycles. The van der Waals surface area contributed by atoms with Crippen molar-refractivity contribution in [2.45, 2.75) is 45.7 Å². The van der Waals surface area contributed by atoms with Crippen LogP contribution in [0.5, 0.6) is 5.75 Å². The van der Waals surface area contributed by atoms with Crippen molar-refractivity contribution in [2.75, 3.05) is 26.3 Å². The van der Waals surface area contributed by atoms with Crippen molar-refractivity contribution >= 4 is 14.0 Å². The lowest BCUT2D eigenvalue weighted by Gasteiger charge is -2.23. The molecule has 2 aromatic rings. The summed E-state index contributed by atoms with van der Waals surface area (Å²) in [6.07, 6.45) is 2.64. The maximum atomic E-state index is 10.5. The fraction of sp³-hybridized carbons (Fsp3) is 0.458. The molecule has 0 spiro atoms. The van der Waals surface area contributed by atoms with E-state index in [1.165, 1.54) is 11.1 Å². The number of aryl methyl sites for hydroxylation is 1. The average Bonchev–Trinajstić information content (AvgIpc) is 3.19. The van der Waals surface area contributed by atoms with Crippen molar-refractivity contribution < 1.29 is 18.7 Å². The summed E-state index contributed by atoms with van der Waals surface area (Å²) in [5.41, 5.74) is 4.63. The zero-order valence-electron chi connectivity index (χ0n) is 18.9. The number of hydrazone groups is 1. The van der Waals surface area contributed by atoms with Crippen LogP contribution in [0.15, 0.2) is 53.6 Å². The Morgan fingerprint density at radius 3 is 2.78 bits per heavy atom. The minimum absolute atomic E-state index is 0.285. The second kappa shape index (κ2) is 12.8. The highest BCUT2D eigenvalue weighted by Crippen LogP contribution is 2.31. The maximum absolute atomic E-state index is 10.5. The summed E-state index contributed by atoms with van der Waals surface area (Å²) in [5, 5.41) is 10.4. The van der Waals surface area contributed by atoms with Gasteiger partial charge in [-0.05, 0) is 49.1 Å². The fourth-order valence-electron chi connectivity index (χ4n) is 3.84. The highest BCUT2D eigenvalue weighted by Gasteiger charge is 2.27. The smallest absolute Gasteiger partial charge is 0.316 e. The Hall–Kier alpha value is -2.18. The van der Waals surface area contributed by atoms with Crippen LogP contribution in [0.4, 0.5) is 0 Å². The Morgan fingerprint density at radius 2 is 2.06 bits per heavy atom. The van der Waals surface area contributed by atoms with Crippen molar-refractivity contribution in [1.82, 2.24) is 10.3 Å². The van der Waals surface area contributed by atoms with Crippen molar-refractivity contribution in [2.24, 2.45) is 5.10 Å². The van der Waals surface area contributed by atoms with E-state index < -0.39 is 8.25 Å². The standard InChI is InChI=1S/C24H34N3O4P/c1-3-13-27-23(21-8-5-4-6-9-21)16-22(26-27)18-30-24-11-10-20(15-19(24)2)17-25-12-7-14-31-32(28)29/h4-6,8-11,15,23,25,32H,3,7,12-14,16-18H2,1-2H3,(H,28,29). The van der Waals surface area contributed by atoms with E-state index in [9.17, 15) is 4.57 Å². The molecule has 0 radical (unpaired) electrons. The molecule has 0 saturated heterocycles. The van der Waals surface area contributed by atoms with Gasteiger partial charge in [-0.25, -0.2) is 0 Å². The third-order valence-electron chi connectivity index (χ3n) is 5.38. The van der Waals surface area contributed by atoms with E-state index in [1.807, 2.05) is 12.1 Å². The first kappa shape index (κ1) is 24.5. The van der Waals surface area contributed by atoms with E-state index in [0.717, 1.165) is 49.5 Å². The lowest BCUT2D eigenvalue weighted by Crippen LogP contribution is -2.20. The van der Waals surface area contributed by atoms with Crippen molar-refractivity contribution in [3.63, 3.8) is 0 Å². The second-order valence-corrected chi connectivity index (χ2v) is 8.81. The van der Waals surface area contributed by atoms with Gasteiger partial charge in [-0.3, -0.25) is 9.57 Å². The number of ether oxygens (including phenoxy) is 1. The zero-order valence-corrected chi connectivity index (χ0v) is 19.9. The Bertz CT molecular complexity index is 907. The fourth-order valence-corrected chi connectivity index (χ4v) is 4.16. The first-order valence-electron chi connectivity index (χ1n) is 11.2. The van der Waals surface area contributed by atoms with Crippen LogP contribution >= 0.6 is 8.25 Å². The molecule has 174 valence electrons. The summed E-state index contributed by atoms with van der Waals surface area (Å²) in [7, 11) is -2.82. The Kier molecular flexibility index (Phi) is 9.75. The summed E-state index contributed by atoms with van der Waals surface area (Å²) in [6.45, 7) is 7.41. The molecule has 1 aliphatic rings. The van der Waals surface area contributed by atoms with Crippen LogP contribution in [0.3, 0.4) is 0 Å². The van der Waals surface area contributed by atoms with E-state index in [4.69, 9.17) is 14.7 Å². The molecule has 1 aliphatic heterocycles. The summed E-state index contributed by atoms with van der Waals surface area (Å²) in [6, 6.07) is 17.0. The van der Waals surface area contributed by atoms with Crippen LogP contribution in [-0.4, -0.2) is 41.9 Å². The van der Waals surface area contributed by atoms with Crippen molar-refractivity contribution in [3.05, 3.63) is 65.2 Å². The zero-order chi connectivity index (χ0) is 22.8. The predicted molar refractivity (Wildman–Crippen MR) is 128 cm³/mol. The van der Waals surface area contributed by atoms with Crippen molar-refractivity contribution in [3.8, 4) is 5.75 Å². The molecule has 1 heterocycles. The second-order valence-electron chi connectivity index (χ2n) is 7.99. The molecule has 2 atom stereocenters. The monoisotopic (exact) mass is 459 g/mol. The van der Waals surface area contributed by atoms with Gasteiger partial charge in [0.25, 0.3) is 0 Å². The van der Waals surface area contributed by atoms with Gasteiger partial charge in [0.1, 0.15) is 12.4 Å². The normalized spacial score (nSPS) is 16.8. The highest BCUT2D eigenvalue weighted by atomic mass is 31.1. The number of benzene rings is 2. The molecule has 32 heavy (non-hydrogen) atoms. The minimum atomic E-state index is -2.82. The number of nitrogens with zero attached hydrogens (tertiary/aromatic N) is 2. The topological polar surface area (TPSA) is 83.4 Å². The largest absolute Gasteiger partial charge is 0.487 e. The van der Waals surface area contributed by atoms with E-state index in [1.54, 1.807) is 0 Å². The predicted octanol–water partition coefficient (Wildman–Crippen LogP) is 4.47. The average molecular weight is 460 g/mol. The van der Waals surface area contributed by atoms with Gasteiger partial charge < -0.3 is 19.5 Å². The van der Waals surface area contributed by atoms with Crippen LogP contribution < -0.4 is 10.1 Å². The highest BCUT2D eigenvalue weighted by molar-refractivity contribution is 7.32. The molecule has 2 N–H and O–H groups in total. The molecule has 0 fully saturated rings. The first-order chi connectivity index (χ1) is 15.6. The Labute approximate surface area is 191 Å². The molecule has 0 amide bonds. The third-order valence-corrected chi connectivity index (χ3v) is 5.83. The van der Waals surface area contributed by atoms with Gasteiger partial charge in [0.2, 0.25) is 0 Å². The van der Waals surface area contributed by atoms with Crippen LogP contribution in [-0.2, 0) is 15.6 Å².